The average molecular weight is 486 g/mol. The first kappa shape index (κ1) is 25.3. The minimum absolute atomic E-state index is 0.00442. The summed E-state index contributed by atoms with van der Waals surface area (Å²) in [7, 11) is 2.04. The van der Waals surface area contributed by atoms with Gasteiger partial charge in [-0.25, -0.2) is 4.98 Å². The summed E-state index contributed by atoms with van der Waals surface area (Å²) in [4.78, 5) is 26.2. The van der Waals surface area contributed by atoms with Gasteiger partial charge in [0.15, 0.2) is 0 Å². The van der Waals surface area contributed by atoms with Gasteiger partial charge in [-0.2, -0.15) is 5.26 Å². The maximum absolute atomic E-state index is 13.6. The molecule has 1 aromatic carbocycles. The van der Waals surface area contributed by atoms with Crippen LogP contribution in [0, 0.1) is 17.2 Å². The highest BCUT2D eigenvalue weighted by atomic mass is 16.5. The first-order valence-electron chi connectivity index (χ1n) is 12.1. The Kier molecular flexibility index (Phi) is 7.93. The van der Waals surface area contributed by atoms with Crippen molar-refractivity contribution in [3.05, 3.63) is 77.7 Å². The van der Waals surface area contributed by atoms with Crippen molar-refractivity contribution in [2.75, 3.05) is 26.7 Å². The molecule has 0 saturated carbocycles. The molecule has 8 nitrogen and oxygen atoms in total. The third-order valence-electron chi connectivity index (χ3n) is 6.54. The van der Waals surface area contributed by atoms with Gasteiger partial charge >= 0.3 is 0 Å². The van der Waals surface area contributed by atoms with Crippen LogP contribution in [0.4, 0.5) is 0 Å². The Bertz CT molecular complexity index is 1240. The van der Waals surface area contributed by atoms with E-state index in [4.69, 9.17) is 4.74 Å². The molecule has 0 spiro atoms. The third kappa shape index (κ3) is 5.70. The number of rotatable bonds is 7. The van der Waals surface area contributed by atoms with Gasteiger partial charge in [0.2, 0.25) is 5.88 Å². The lowest BCUT2D eigenvalue weighted by Crippen LogP contribution is -2.49. The Morgan fingerprint density at radius 1 is 1.25 bits per heavy atom. The number of ether oxygens (including phenoxy) is 1. The van der Waals surface area contributed by atoms with Gasteiger partial charge in [-0.1, -0.05) is 19.1 Å². The molecule has 0 bridgehead atoms. The number of aliphatic hydroxyl groups is 1. The first-order chi connectivity index (χ1) is 17.4. The summed E-state index contributed by atoms with van der Waals surface area (Å²) in [6.07, 6.45) is 5.01. The van der Waals surface area contributed by atoms with Crippen LogP contribution in [0.25, 0.3) is 11.1 Å². The first-order valence-corrected chi connectivity index (χ1v) is 12.1. The van der Waals surface area contributed by atoms with E-state index in [0.29, 0.717) is 24.2 Å². The number of carbonyl (C=O) groups excluding carboxylic acids is 1. The van der Waals surface area contributed by atoms with E-state index in [1.54, 1.807) is 47.8 Å². The van der Waals surface area contributed by atoms with Gasteiger partial charge in [-0.15, -0.1) is 0 Å². The van der Waals surface area contributed by atoms with E-state index in [0.717, 1.165) is 23.2 Å². The van der Waals surface area contributed by atoms with Crippen molar-refractivity contribution in [1.82, 2.24) is 19.8 Å². The molecule has 2 aromatic heterocycles. The predicted octanol–water partition coefficient (Wildman–Crippen LogP) is 3.37. The average Bonchev–Trinajstić information content (AvgIpc) is 2.90. The van der Waals surface area contributed by atoms with Crippen molar-refractivity contribution < 1.29 is 14.6 Å². The maximum atomic E-state index is 13.6. The quantitative estimate of drug-likeness (QED) is 0.547. The van der Waals surface area contributed by atoms with E-state index < -0.39 is 0 Å². The van der Waals surface area contributed by atoms with Crippen molar-refractivity contribution >= 4 is 5.91 Å². The van der Waals surface area contributed by atoms with E-state index in [2.05, 4.69) is 27.9 Å². The highest BCUT2D eigenvalue weighted by molar-refractivity contribution is 5.98. The highest BCUT2D eigenvalue weighted by Gasteiger charge is 2.34. The van der Waals surface area contributed by atoms with Gasteiger partial charge in [0, 0.05) is 49.7 Å². The molecule has 0 unspecified atom stereocenters. The maximum Gasteiger partial charge on any atom is 0.259 e. The predicted molar refractivity (Wildman–Crippen MR) is 136 cm³/mol. The molecule has 0 aliphatic carbocycles. The summed E-state index contributed by atoms with van der Waals surface area (Å²) < 4.78 is 6.40. The Morgan fingerprint density at radius 3 is 2.75 bits per heavy atom. The van der Waals surface area contributed by atoms with Crippen LogP contribution >= 0.6 is 0 Å². The standard InChI is InChI=1S/C28H31N5O3/c1-19-15-33(20(2)18-34)28(35)25-12-24(23-6-4-5-22(11-23)13-29)14-31-27(25)36-26(19)17-32(3)16-21-7-9-30-10-8-21/h4-12,14,19-20,26,34H,15-18H2,1-3H3/t19-,20+,26-/m1/s1. The second kappa shape index (κ2) is 11.3. The molecule has 36 heavy (non-hydrogen) atoms. The fourth-order valence-corrected chi connectivity index (χ4v) is 4.42. The van der Waals surface area contributed by atoms with Crippen LogP contribution in [0.5, 0.6) is 5.88 Å². The lowest BCUT2D eigenvalue weighted by Gasteiger charge is -2.37. The van der Waals surface area contributed by atoms with Crippen LogP contribution in [0.15, 0.2) is 61.1 Å². The van der Waals surface area contributed by atoms with Crippen LogP contribution in [-0.2, 0) is 6.54 Å². The van der Waals surface area contributed by atoms with Gasteiger partial charge in [-0.05, 0) is 55.4 Å². The Morgan fingerprint density at radius 2 is 2.03 bits per heavy atom. The number of aromatic nitrogens is 2. The summed E-state index contributed by atoms with van der Waals surface area (Å²) in [6, 6.07) is 14.7. The number of aliphatic hydroxyl groups excluding tert-OH is 1. The van der Waals surface area contributed by atoms with Crippen LogP contribution in [-0.4, -0.2) is 69.7 Å². The number of nitriles is 1. The van der Waals surface area contributed by atoms with Gasteiger partial charge < -0.3 is 14.7 Å². The van der Waals surface area contributed by atoms with Gasteiger partial charge in [-0.3, -0.25) is 14.7 Å². The van der Waals surface area contributed by atoms with Crippen molar-refractivity contribution in [3.63, 3.8) is 0 Å². The fourth-order valence-electron chi connectivity index (χ4n) is 4.42. The molecule has 1 aliphatic rings. The number of fused-ring (bicyclic) bond motifs is 1. The van der Waals surface area contributed by atoms with Crippen molar-refractivity contribution in [1.29, 1.82) is 5.26 Å². The molecule has 186 valence electrons. The largest absolute Gasteiger partial charge is 0.472 e. The zero-order valence-electron chi connectivity index (χ0n) is 20.8. The molecular formula is C28H31N5O3. The van der Waals surface area contributed by atoms with Crippen LogP contribution in [0.1, 0.15) is 35.3 Å². The SMILES string of the molecule is C[C@@H]1CN([C@@H](C)CO)C(=O)c2cc(-c3cccc(C#N)c3)cnc2O[C@@H]1CN(C)Cc1ccncc1. The number of likely N-dealkylation sites (N-methyl/N-ethyl adjacent to an activating group) is 1. The van der Waals surface area contributed by atoms with Gasteiger partial charge in [0.25, 0.3) is 5.91 Å². The number of amides is 1. The molecule has 0 fully saturated rings. The van der Waals surface area contributed by atoms with E-state index in [-0.39, 0.29) is 36.5 Å². The van der Waals surface area contributed by atoms with Gasteiger partial charge in [0.1, 0.15) is 11.7 Å². The molecule has 3 heterocycles. The number of carbonyl (C=O) groups is 1. The Balaban J connectivity index is 1.67. The van der Waals surface area contributed by atoms with E-state index in [1.807, 2.05) is 32.2 Å². The number of benzene rings is 1. The second-order valence-corrected chi connectivity index (χ2v) is 9.44. The molecule has 3 atom stereocenters. The summed E-state index contributed by atoms with van der Waals surface area (Å²) in [5, 5.41) is 19.2. The molecule has 0 saturated heterocycles. The van der Waals surface area contributed by atoms with Crippen LogP contribution in [0.2, 0.25) is 0 Å². The molecule has 1 aliphatic heterocycles. The number of hydrogen-bond donors (Lipinski definition) is 1. The normalized spacial score (nSPS) is 18.6. The molecule has 8 heteroatoms. The van der Waals surface area contributed by atoms with Gasteiger partial charge in [0.05, 0.1) is 24.3 Å². The van der Waals surface area contributed by atoms with E-state index >= 15 is 0 Å². The van der Waals surface area contributed by atoms with Crippen molar-refractivity contribution in [2.24, 2.45) is 5.92 Å². The summed E-state index contributed by atoms with van der Waals surface area (Å²) >= 11 is 0. The summed E-state index contributed by atoms with van der Waals surface area (Å²) in [5.41, 5.74) is 3.55. The van der Waals surface area contributed by atoms with E-state index in [1.165, 1.54) is 0 Å². The smallest absolute Gasteiger partial charge is 0.259 e. The second-order valence-electron chi connectivity index (χ2n) is 9.44. The van der Waals surface area contributed by atoms with Crippen LogP contribution < -0.4 is 4.74 Å². The Hall–Kier alpha value is -3.80. The molecule has 0 radical (unpaired) electrons. The Labute approximate surface area is 211 Å². The molecule has 3 aromatic rings. The van der Waals surface area contributed by atoms with Crippen molar-refractivity contribution in [2.45, 2.75) is 32.5 Å². The molecular weight excluding hydrogens is 454 g/mol. The third-order valence-corrected chi connectivity index (χ3v) is 6.54. The fraction of sp³-hybridized carbons (Fsp3) is 0.357. The zero-order chi connectivity index (χ0) is 25.7. The monoisotopic (exact) mass is 485 g/mol. The number of nitrogens with zero attached hydrogens (tertiary/aromatic N) is 5. The zero-order valence-corrected chi connectivity index (χ0v) is 20.8. The number of pyridine rings is 2. The summed E-state index contributed by atoms with van der Waals surface area (Å²) in [6.45, 7) is 5.57. The summed E-state index contributed by atoms with van der Waals surface area (Å²) in [5.74, 6) is 0.0572. The lowest BCUT2D eigenvalue weighted by molar-refractivity contribution is 0.0325. The molecule has 1 amide bonds. The van der Waals surface area contributed by atoms with Crippen LogP contribution in [0.3, 0.4) is 0 Å². The molecule has 1 N–H and O–H groups in total. The lowest BCUT2D eigenvalue weighted by atomic mass is 9.98. The highest BCUT2D eigenvalue weighted by Crippen LogP contribution is 2.30. The molecule has 4 rings (SSSR count). The number of hydrogen-bond acceptors (Lipinski definition) is 7. The van der Waals surface area contributed by atoms with E-state index in [9.17, 15) is 15.2 Å². The topological polar surface area (TPSA) is 103 Å². The minimum Gasteiger partial charge on any atom is -0.472 e. The van der Waals surface area contributed by atoms with Crippen molar-refractivity contribution in [3.8, 4) is 23.1 Å². The minimum atomic E-state index is -0.355.